The van der Waals surface area contributed by atoms with Gasteiger partial charge in [-0.2, -0.15) is 18.6 Å². The maximum Gasteiger partial charge on any atom is 0.264 e. The number of hydrogen-bond donors (Lipinski definition) is 2. The standard InChI is InChI=1S/C14H17FN4.C10H8BrFN2.C8H8BrFO3S.C7H6BrFO.C7H4BrFO/c15-13-3-2-12(11-19-7-1-4-17-19)10-14(13)18-8-5-16-6-9-18;11-9-6-8(2-3-10(9)12)7-14-5-1-4-13-14;1-14(11,12)13-5-6-2-3-8(10)7(9)4-6;2*8-6-3-5(4-10)1-2-7(6)9/h1-4,7,10,16H,5-6,8-9,11H2;1-6H,7H2;2-4H,5H2,1H3;1-3,10H,4H2;1-4H. The van der Waals surface area contributed by atoms with E-state index in [4.69, 9.17) is 5.11 Å². The number of halogens is 9. The Hall–Kier alpha value is -4.61. The number of nitrogens with zero attached hydrogens (tertiary/aromatic N) is 5. The average Bonchev–Trinajstić information content (AvgIpc) is 4.04. The fourth-order valence-corrected chi connectivity index (χ4v) is 7.66. The molecule has 356 valence electrons. The molecular formula is C46H43Br4F5N6O5S. The second-order valence-corrected chi connectivity index (χ2v) is 19.2. The molecule has 21 heteroatoms. The van der Waals surface area contributed by atoms with Crippen molar-refractivity contribution in [2.24, 2.45) is 0 Å². The summed E-state index contributed by atoms with van der Waals surface area (Å²) < 4.78 is 95.5. The molecule has 67 heavy (non-hydrogen) atoms. The third kappa shape index (κ3) is 19.9. The van der Waals surface area contributed by atoms with E-state index in [0.717, 1.165) is 43.6 Å². The quantitative estimate of drug-likeness (QED) is 0.0781. The number of aliphatic hydroxyl groups is 1. The molecule has 2 aromatic heterocycles. The van der Waals surface area contributed by atoms with E-state index in [1.807, 2.05) is 41.3 Å². The molecule has 0 amide bonds. The van der Waals surface area contributed by atoms with E-state index in [-0.39, 0.29) is 41.0 Å². The Labute approximate surface area is 418 Å². The number of piperazine rings is 1. The van der Waals surface area contributed by atoms with Crippen molar-refractivity contribution in [1.29, 1.82) is 0 Å². The number of aldehydes is 1. The predicted octanol–water partition coefficient (Wildman–Crippen LogP) is 10.9. The van der Waals surface area contributed by atoms with Crippen LogP contribution in [0.15, 0.2) is 146 Å². The van der Waals surface area contributed by atoms with Crippen LogP contribution in [0.4, 0.5) is 27.6 Å². The Morgan fingerprint density at radius 2 is 1.07 bits per heavy atom. The summed E-state index contributed by atoms with van der Waals surface area (Å²) in [6.45, 7) is 4.70. The molecule has 7 aromatic rings. The van der Waals surface area contributed by atoms with Gasteiger partial charge in [0.2, 0.25) is 0 Å². The van der Waals surface area contributed by atoms with Crippen LogP contribution < -0.4 is 10.2 Å². The number of aliphatic hydroxyl groups excluding tert-OH is 1. The number of benzene rings is 5. The van der Waals surface area contributed by atoms with Gasteiger partial charge >= 0.3 is 0 Å². The van der Waals surface area contributed by atoms with Crippen molar-refractivity contribution in [2.75, 3.05) is 37.3 Å². The van der Waals surface area contributed by atoms with Crippen LogP contribution in [0.1, 0.15) is 32.6 Å². The number of carbonyl (C=O) groups excluding carboxylic acids is 1. The summed E-state index contributed by atoms with van der Waals surface area (Å²) >= 11 is 12.1. The smallest absolute Gasteiger partial charge is 0.264 e. The number of aromatic nitrogens is 4. The molecule has 3 heterocycles. The first kappa shape index (κ1) is 55.0. The van der Waals surface area contributed by atoms with Crippen molar-refractivity contribution >= 4 is 85.8 Å². The van der Waals surface area contributed by atoms with Gasteiger partial charge in [0.05, 0.1) is 56.1 Å². The summed E-state index contributed by atoms with van der Waals surface area (Å²) in [4.78, 5) is 12.2. The number of carbonyl (C=O) groups is 1. The number of rotatable bonds is 10. The van der Waals surface area contributed by atoms with Crippen LogP contribution >= 0.6 is 63.7 Å². The first-order chi connectivity index (χ1) is 31.9. The molecule has 0 unspecified atom stereocenters. The second kappa shape index (κ2) is 28.0. The third-order valence-electron chi connectivity index (χ3n) is 8.93. The summed E-state index contributed by atoms with van der Waals surface area (Å²) in [7, 11) is -3.45. The molecule has 1 saturated heterocycles. The van der Waals surface area contributed by atoms with Crippen molar-refractivity contribution in [3.63, 3.8) is 0 Å². The summed E-state index contributed by atoms with van der Waals surface area (Å²) in [6, 6.07) is 26.7. The van der Waals surface area contributed by atoms with Crippen LogP contribution in [0.25, 0.3) is 0 Å². The van der Waals surface area contributed by atoms with Crippen LogP contribution in [0.5, 0.6) is 0 Å². The van der Waals surface area contributed by atoms with Gasteiger partial charge in [-0.05, 0) is 165 Å². The molecule has 2 N–H and O–H groups in total. The molecule has 0 saturated carbocycles. The molecule has 8 rings (SSSR count). The molecule has 1 fully saturated rings. The van der Waals surface area contributed by atoms with Gasteiger partial charge in [-0.15, -0.1) is 0 Å². The Balaban J connectivity index is 0.000000187. The Morgan fingerprint density at radius 3 is 1.52 bits per heavy atom. The molecule has 5 aromatic carbocycles. The summed E-state index contributed by atoms with van der Waals surface area (Å²) in [5, 5.41) is 20.1. The van der Waals surface area contributed by atoms with Gasteiger partial charge in [-0.25, -0.2) is 22.0 Å². The molecular weight excluding hydrogens is 1160 g/mol. The number of anilines is 1. The summed E-state index contributed by atoms with van der Waals surface area (Å²) in [6.07, 6.45) is 8.89. The fraction of sp³-hybridized carbons (Fsp3) is 0.196. The summed E-state index contributed by atoms with van der Waals surface area (Å²) in [5.74, 6) is -1.45. The maximum atomic E-state index is 13.9. The molecule has 1 aliphatic heterocycles. The highest BCUT2D eigenvalue weighted by atomic mass is 79.9. The van der Waals surface area contributed by atoms with Crippen molar-refractivity contribution < 1.29 is 44.5 Å². The van der Waals surface area contributed by atoms with E-state index >= 15 is 0 Å². The monoisotopic (exact) mass is 1200 g/mol. The van der Waals surface area contributed by atoms with Gasteiger partial charge in [0, 0.05) is 56.5 Å². The van der Waals surface area contributed by atoms with E-state index in [1.54, 1.807) is 47.4 Å². The van der Waals surface area contributed by atoms with E-state index in [0.29, 0.717) is 55.2 Å². The van der Waals surface area contributed by atoms with Gasteiger partial charge in [0.25, 0.3) is 10.1 Å². The molecule has 0 spiro atoms. The Bertz CT molecular complexity index is 2750. The lowest BCUT2D eigenvalue weighted by Gasteiger charge is -2.30. The zero-order chi connectivity index (χ0) is 48.9. The molecule has 1 aliphatic rings. The summed E-state index contributed by atoms with van der Waals surface area (Å²) in [5.41, 5.74) is 4.54. The highest BCUT2D eigenvalue weighted by molar-refractivity contribution is 9.11. The van der Waals surface area contributed by atoms with Crippen LogP contribution in [-0.4, -0.2) is 71.8 Å². The van der Waals surface area contributed by atoms with Crippen LogP contribution in [-0.2, 0) is 40.6 Å². The Morgan fingerprint density at radius 1 is 0.642 bits per heavy atom. The van der Waals surface area contributed by atoms with Crippen molar-refractivity contribution in [3.8, 4) is 0 Å². The lowest BCUT2D eigenvalue weighted by Crippen LogP contribution is -2.43. The van der Waals surface area contributed by atoms with E-state index in [1.165, 1.54) is 48.5 Å². The number of hydrogen-bond acceptors (Lipinski definition) is 9. The van der Waals surface area contributed by atoms with Crippen LogP contribution in [0.2, 0.25) is 0 Å². The zero-order valence-electron chi connectivity index (χ0n) is 35.5. The van der Waals surface area contributed by atoms with E-state index < -0.39 is 15.9 Å². The molecule has 0 bridgehead atoms. The van der Waals surface area contributed by atoms with E-state index in [2.05, 4.69) is 88.3 Å². The topological polar surface area (TPSA) is 132 Å². The molecule has 11 nitrogen and oxygen atoms in total. The van der Waals surface area contributed by atoms with Crippen LogP contribution in [0, 0.1) is 29.1 Å². The first-order valence-electron chi connectivity index (χ1n) is 19.8. The van der Waals surface area contributed by atoms with Gasteiger partial charge < -0.3 is 15.3 Å². The average molecular weight is 1210 g/mol. The third-order valence-corrected chi connectivity index (χ3v) is 11.9. The Kier molecular flexibility index (Phi) is 23.0. The van der Waals surface area contributed by atoms with Crippen molar-refractivity contribution in [3.05, 3.63) is 203 Å². The fourth-order valence-electron chi connectivity index (χ4n) is 5.63. The number of nitrogens with one attached hydrogen (secondary N) is 1. The van der Waals surface area contributed by atoms with Gasteiger partial charge in [-0.1, -0.05) is 24.3 Å². The minimum absolute atomic E-state index is 0.0567. The van der Waals surface area contributed by atoms with Gasteiger partial charge in [-0.3, -0.25) is 18.3 Å². The molecule has 0 aliphatic carbocycles. The largest absolute Gasteiger partial charge is 0.392 e. The lowest BCUT2D eigenvalue weighted by molar-refractivity contribution is 0.112. The molecule has 0 radical (unpaired) electrons. The highest BCUT2D eigenvalue weighted by Crippen LogP contribution is 2.23. The lowest BCUT2D eigenvalue weighted by atomic mass is 10.1. The van der Waals surface area contributed by atoms with Crippen molar-refractivity contribution in [2.45, 2.75) is 26.3 Å². The van der Waals surface area contributed by atoms with Gasteiger partial charge in [0.15, 0.2) is 0 Å². The SMILES string of the molecule is CS(=O)(=O)OCc1ccc(F)c(Br)c1.Fc1ccc(Cn2cccn2)cc1Br.Fc1ccc(Cn2cccn2)cc1N1CCNCC1.O=Cc1ccc(F)c(Br)c1.OCc1ccc(F)c(Br)c1. The maximum absolute atomic E-state index is 13.9. The minimum atomic E-state index is -3.45. The van der Waals surface area contributed by atoms with Crippen LogP contribution in [0.3, 0.4) is 0 Å². The second-order valence-electron chi connectivity index (χ2n) is 14.1. The molecule has 0 atom stereocenters. The highest BCUT2D eigenvalue weighted by Gasteiger charge is 2.15. The van der Waals surface area contributed by atoms with Gasteiger partial charge in [0.1, 0.15) is 35.4 Å². The van der Waals surface area contributed by atoms with E-state index in [9.17, 15) is 35.2 Å². The first-order valence-corrected chi connectivity index (χ1v) is 24.8. The zero-order valence-corrected chi connectivity index (χ0v) is 42.6. The van der Waals surface area contributed by atoms with Crippen molar-refractivity contribution in [1.82, 2.24) is 24.9 Å². The predicted molar refractivity (Wildman–Crippen MR) is 261 cm³/mol. The normalized spacial score (nSPS) is 12.0. The minimum Gasteiger partial charge on any atom is -0.392 e.